The van der Waals surface area contributed by atoms with Gasteiger partial charge in [0.05, 0.1) is 6.54 Å². The van der Waals surface area contributed by atoms with Gasteiger partial charge in [0.2, 0.25) is 0 Å². The van der Waals surface area contributed by atoms with E-state index in [4.69, 9.17) is 4.42 Å². The molecule has 1 atom stereocenters. The molecule has 0 saturated carbocycles. The molecule has 0 spiro atoms. The highest BCUT2D eigenvalue weighted by molar-refractivity contribution is 5.79. The fraction of sp³-hybridized carbons (Fsp3) is 0.667. The fourth-order valence-corrected chi connectivity index (χ4v) is 3.85. The van der Waals surface area contributed by atoms with Gasteiger partial charge in [0.1, 0.15) is 28.8 Å². The number of aryl methyl sites for hydroxylation is 3. The largest absolute Gasteiger partial charge is 0.466 e. The van der Waals surface area contributed by atoms with Crippen LogP contribution in [0.2, 0.25) is 0 Å². The molecule has 0 aliphatic carbocycles. The minimum Gasteiger partial charge on any atom is -0.466 e. The topological polar surface area (TPSA) is 100 Å². The molecule has 8 heteroatoms. The van der Waals surface area contributed by atoms with Gasteiger partial charge in [0, 0.05) is 38.0 Å². The Kier molecular flexibility index (Phi) is 6.95. The molecular formula is C21H34N6O2. The molecule has 3 rings (SSSR count). The van der Waals surface area contributed by atoms with E-state index < -0.39 is 5.60 Å². The number of aliphatic imine (C=N–C) groups is 1. The van der Waals surface area contributed by atoms with Gasteiger partial charge in [-0.2, -0.15) is 0 Å². The number of aromatic nitrogens is 3. The van der Waals surface area contributed by atoms with Crippen LogP contribution >= 0.6 is 0 Å². The van der Waals surface area contributed by atoms with E-state index in [2.05, 4.69) is 30.4 Å². The van der Waals surface area contributed by atoms with Crippen molar-refractivity contribution < 1.29 is 9.52 Å². The SMILES string of the molecule is CCNC(=NCC(C)(O)c1cc(C)oc1C)NCCc1nnc2n1CCCCC2. The zero-order valence-corrected chi connectivity index (χ0v) is 18.1. The number of hydrogen-bond acceptors (Lipinski definition) is 5. The summed E-state index contributed by atoms with van der Waals surface area (Å²) >= 11 is 0. The third kappa shape index (κ3) is 5.38. The summed E-state index contributed by atoms with van der Waals surface area (Å²) in [6, 6.07) is 1.88. The molecule has 1 unspecified atom stereocenters. The standard InChI is InChI=1S/C21H34N6O2/c1-5-22-20(24-14-21(4,28)17-13-15(2)29-16(17)3)23-11-10-19-26-25-18-9-7-6-8-12-27(18)19/h13,28H,5-12,14H2,1-4H3,(H2,22,23,24). The second kappa shape index (κ2) is 9.43. The van der Waals surface area contributed by atoms with Crippen molar-refractivity contribution >= 4 is 5.96 Å². The molecule has 0 fully saturated rings. The first-order chi connectivity index (χ1) is 13.9. The van der Waals surface area contributed by atoms with Crippen LogP contribution in [0.4, 0.5) is 0 Å². The van der Waals surface area contributed by atoms with Crippen molar-refractivity contribution in [3.05, 3.63) is 34.8 Å². The van der Waals surface area contributed by atoms with E-state index in [0.717, 1.165) is 54.7 Å². The molecule has 8 nitrogen and oxygen atoms in total. The molecule has 3 N–H and O–H groups in total. The van der Waals surface area contributed by atoms with E-state index in [9.17, 15) is 5.11 Å². The predicted octanol–water partition coefficient (Wildman–Crippen LogP) is 2.22. The number of furan rings is 1. The van der Waals surface area contributed by atoms with Crippen molar-refractivity contribution in [3.8, 4) is 0 Å². The number of rotatable bonds is 7. The number of nitrogens with one attached hydrogen (secondary N) is 2. The highest BCUT2D eigenvalue weighted by Gasteiger charge is 2.27. The monoisotopic (exact) mass is 402 g/mol. The van der Waals surface area contributed by atoms with E-state index in [1.54, 1.807) is 6.92 Å². The molecule has 2 aromatic rings. The molecule has 0 amide bonds. The van der Waals surface area contributed by atoms with Gasteiger partial charge in [-0.05, 0) is 46.6 Å². The Morgan fingerprint density at radius 2 is 2.10 bits per heavy atom. The third-order valence-corrected chi connectivity index (χ3v) is 5.34. The van der Waals surface area contributed by atoms with Crippen LogP contribution in [0, 0.1) is 13.8 Å². The van der Waals surface area contributed by atoms with Crippen LogP contribution in [0.5, 0.6) is 0 Å². The van der Waals surface area contributed by atoms with Crippen molar-refractivity contribution in [1.82, 2.24) is 25.4 Å². The molecule has 3 heterocycles. The second-order valence-electron chi connectivity index (χ2n) is 7.97. The van der Waals surface area contributed by atoms with Crippen LogP contribution in [0.3, 0.4) is 0 Å². The van der Waals surface area contributed by atoms with Gasteiger partial charge in [0.15, 0.2) is 5.96 Å². The first-order valence-electron chi connectivity index (χ1n) is 10.6. The van der Waals surface area contributed by atoms with Gasteiger partial charge in [-0.25, -0.2) is 4.99 Å². The normalized spacial score (nSPS) is 16.8. The average molecular weight is 403 g/mol. The molecule has 29 heavy (non-hydrogen) atoms. The van der Waals surface area contributed by atoms with E-state index in [1.165, 1.54) is 19.3 Å². The third-order valence-electron chi connectivity index (χ3n) is 5.34. The smallest absolute Gasteiger partial charge is 0.191 e. The molecule has 0 radical (unpaired) electrons. The van der Waals surface area contributed by atoms with Gasteiger partial charge < -0.3 is 24.7 Å². The van der Waals surface area contributed by atoms with Crippen molar-refractivity contribution in [2.45, 2.75) is 71.9 Å². The average Bonchev–Trinajstić information content (AvgIpc) is 3.13. The summed E-state index contributed by atoms with van der Waals surface area (Å²) in [5.74, 6) is 4.34. The maximum absolute atomic E-state index is 10.9. The van der Waals surface area contributed by atoms with Crippen LogP contribution < -0.4 is 10.6 Å². The lowest BCUT2D eigenvalue weighted by atomic mass is 9.96. The lowest BCUT2D eigenvalue weighted by molar-refractivity contribution is 0.0657. The van der Waals surface area contributed by atoms with Gasteiger partial charge in [0.25, 0.3) is 0 Å². The Bertz CT molecular complexity index is 836. The molecule has 160 valence electrons. The zero-order valence-electron chi connectivity index (χ0n) is 18.1. The summed E-state index contributed by atoms with van der Waals surface area (Å²) < 4.78 is 7.83. The van der Waals surface area contributed by atoms with Gasteiger partial charge in [-0.1, -0.05) is 6.42 Å². The van der Waals surface area contributed by atoms with Crippen molar-refractivity contribution in [1.29, 1.82) is 0 Å². The van der Waals surface area contributed by atoms with Gasteiger partial charge in [-0.3, -0.25) is 0 Å². The summed E-state index contributed by atoms with van der Waals surface area (Å²) in [7, 11) is 0. The Hall–Kier alpha value is -2.35. The molecule has 0 aromatic carbocycles. The first-order valence-corrected chi connectivity index (χ1v) is 10.6. The fourth-order valence-electron chi connectivity index (χ4n) is 3.85. The second-order valence-corrected chi connectivity index (χ2v) is 7.97. The molecule has 1 aliphatic rings. The predicted molar refractivity (Wildman–Crippen MR) is 113 cm³/mol. The van der Waals surface area contributed by atoms with Crippen molar-refractivity contribution in [2.24, 2.45) is 4.99 Å². The van der Waals surface area contributed by atoms with Crippen LogP contribution in [0.1, 0.15) is 61.8 Å². The van der Waals surface area contributed by atoms with Crippen LogP contribution in [-0.2, 0) is 25.0 Å². The number of fused-ring (bicyclic) bond motifs is 1. The first kappa shape index (κ1) is 21.4. The Morgan fingerprint density at radius 1 is 1.28 bits per heavy atom. The molecule has 0 bridgehead atoms. The number of aliphatic hydroxyl groups is 1. The van der Waals surface area contributed by atoms with E-state index in [-0.39, 0.29) is 6.54 Å². The summed E-state index contributed by atoms with van der Waals surface area (Å²) in [6.07, 6.45) is 5.45. The Labute approximate surface area is 172 Å². The number of hydrogen-bond donors (Lipinski definition) is 3. The van der Waals surface area contributed by atoms with Crippen LogP contribution in [0.25, 0.3) is 0 Å². The molecule has 2 aromatic heterocycles. The van der Waals surface area contributed by atoms with E-state index in [1.807, 2.05) is 26.8 Å². The van der Waals surface area contributed by atoms with Gasteiger partial charge in [-0.15, -0.1) is 10.2 Å². The minimum absolute atomic E-state index is 0.239. The molecule has 0 saturated heterocycles. The lowest BCUT2D eigenvalue weighted by Crippen LogP contribution is -2.40. The van der Waals surface area contributed by atoms with Crippen LogP contribution in [0.15, 0.2) is 15.5 Å². The van der Waals surface area contributed by atoms with Crippen molar-refractivity contribution in [3.63, 3.8) is 0 Å². The lowest BCUT2D eigenvalue weighted by Gasteiger charge is -2.21. The summed E-state index contributed by atoms with van der Waals surface area (Å²) in [6.45, 7) is 10.2. The molecular weight excluding hydrogens is 368 g/mol. The maximum Gasteiger partial charge on any atom is 0.191 e. The highest BCUT2D eigenvalue weighted by Crippen LogP contribution is 2.27. The number of nitrogens with zero attached hydrogens (tertiary/aromatic N) is 4. The van der Waals surface area contributed by atoms with Crippen molar-refractivity contribution in [2.75, 3.05) is 19.6 Å². The van der Waals surface area contributed by atoms with E-state index >= 15 is 0 Å². The summed E-state index contributed by atoms with van der Waals surface area (Å²) in [4.78, 5) is 4.59. The minimum atomic E-state index is -1.09. The quantitative estimate of drug-likeness (QED) is 0.485. The Morgan fingerprint density at radius 3 is 2.83 bits per heavy atom. The Balaban J connectivity index is 1.60. The zero-order chi connectivity index (χ0) is 20.9. The summed E-state index contributed by atoms with van der Waals surface area (Å²) in [5.41, 5.74) is -0.310. The number of guanidine groups is 1. The summed E-state index contributed by atoms with van der Waals surface area (Å²) in [5, 5.41) is 26.2. The molecule has 1 aliphatic heterocycles. The highest BCUT2D eigenvalue weighted by atomic mass is 16.3. The van der Waals surface area contributed by atoms with Gasteiger partial charge >= 0.3 is 0 Å². The maximum atomic E-state index is 10.9. The van der Waals surface area contributed by atoms with E-state index in [0.29, 0.717) is 12.5 Å². The van der Waals surface area contributed by atoms with Crippen LogP contribution in [-0.4, -0.2) is 45.5 Å².